The van der Waals surface area contributed by atoms with Crippen LogP contribution in [-0.4, -0.2) is 52.2 Å². The Labute approximate surface area is 121 Å². The van der Waals surface area contributed by atoms with E-state index < -0.39 is 16.6 Å². The third-order valence-corrected chi connectivity index (χ3v) is 3.21. The Balaban J connectivity index is 2.57. The lowest BCUT2D eigenvalue weighted by molar-refractivity contribution is -0.0498. The molecule has 0 atom stereocenters. The lowest BCUT2D eigenvalue weighted by Crippen LogP contribution is -2.35. The van der Waals surface area contributed by atoms with E-state index in [1.165, 1.54) is 36.2 Å². The molecule has 0 aliphatic carbocycles. The zero-order chi connectivity index (χ0) is 16.0. The maximum absolute atomic E-state index is 12.0. The van der Waals surface area contributed by atoms with Crippen molar-refractivity contribution >= 4 is 15.9 Å². The first-order valence-corrected chi connectivity index (χ1v) is 7.83. The van der Waals surface area contributed by atoms with Gasteiger partial charge in [0.1, 0.15) is 5.75 Å². The number of ether oxygens (including phenoxy) is 1. The van der Waals surface area contributed by atoms with Gasteiger partial charge in [0.15, 0.2) is 0 Å². The van der Waals surface area contributed by atoms with Gasteiger partial charge in [0.25, 0.3) is 5.91 Å². The van der Waals surface area contributed by atoms with Crippen LogP contribution < -0.4 is 9.46 Å². The zero-order valence-electron chi connectivity index (χ0n) is 11.5. The summed E-state index contributed by atoms with van der Waals surface area (Å²) in [6.07, 6.45) is 1.02. The van der Waals surface area contributed by atoms with E-state index in [9.17, 15) is 22.0 Å². The Kier molecular flexibility index (Phi) is 6.03. The summed E-state index contributed by atoms with van der Waals surface area (Å²) in [6.45, 7) is -2.65. The molecular formula is C12H16F2N2O4S. The van der Waals surface area contributed by atoms with E-state index in [-0.39, 0.29) is 24.7 Å². The number of nitrogens with zero attached hydrogens (tertiary/aromatic N) is 1. The first kappa shape index (κ1) is 17.3. The van der Waals surface area contributed by atoms with Crippen molar-refractivity contribution in [3.05, 3.63) is 29.8 Å². The minimum atomic E-state index is -3.30. The smallest absolute Gasteiger partial charge is 0.387 e. The fraction of sp³-hybridized carbons (Fsp3) is 0.417. The van der Waals surface area contributed by atoms with Crippen LogP contribution >= 0.6 is 0 Å². The number of alkyl halides is 2. The Bertz CT molecular complexity index is 575. The van der Waals surface area contributed by atoms with Crippen LogP contribution in [0.25, 0.3) is 0 Å². The van der Waals surface area contributed by atoms with Gasteiger partial charge in [-0.15, -0.1) is 0 Å². The average Bonchev–Trinajstić information content (AvgIpc) is 2.36. The van der Waals surface area contributed by atoms with Crippen LogP contribution in [0.5, 0.6) is 5.75 Å². The van der Waals surface area contributed by atoms with Crippen molar-refractivity contribution in [2.45, 2.75) is 6.61 Å². The molecule has 0 fully saturated rings. The molecule has 1 aromatic carbocycles. The number of sulfonamides is 1. The quantitative estimate of drug-likeness (QED) is 0.809. The minimum Gasteiger partial charge on any atom is -0.435 e. The summed E-state index contributed by atoms with van der Waals surface area (Å²) in [6, 6.07) is 5.26. The highest BCUT2D eigenvalue weighted by Gasteiger charge is 2.13. The normalized spacial score (nSPS) is 11.5. The van der Waals surface area contributed by atoms with Crippen LogP contribution in [0.2, 0.25) is 0 Å². The van der Waals surface area contributed by atoms with Crippen LogP contribution in [-0.2, 0) is 10.0 Å². The number of rotatable bonds is 7. The molecule has 0 aliphatic rings. The van der Waals surface area contributed by atoms with Gasteiger partial charge >= 0.3 is 6.61 Å². The van der Waals surface area contributed by atoms with Gasteiger partial charge in [-0.3, -0.25) is 4.79 Å². The molecule has 0 aromatic heterocycles. The first-order valence-electron chi connectivity index (χ1n) is 5.94. The molecule has 0 spiro atoms. The van der Waals surface area contributed by atoms with Crippen molar-refractivity contribution in [2.75, 3.05) is 26.4 Å². The summed E-state index contributed by atoms with van der Waals surface area (Å²) in [5.74, 6) is -0.392. The van der Waals surface area contributed by atoms with Crippen molar-refractivity contribution in [3.63, 3.8) is 0 Å². The topological polar surface area (TPSA) is 75.7 Å². The molecule has 0 unspecified atom stereocenters. The van der Waals surface area contributed by atoms with Gasteiger partial charge in [0.2, 0.25) is 10.0 Å². The third-order valence-electron chi connectivity index (χ3n) is 2.48. The van der Waals surface area contributed by atoms with E-state index in [0.29, 0.717) is 5.56 Å². The molecule has 6 nitrogen and oxygen atoms in total. The van der Waals surface area contributed by atoms with Crippen molar-refractivity contribution in [2.24, 2.45) is 0 Å². The number of likely N-dealkylation sites (N-methyl/N-ethyl adjacent to an activating group) is 1. The Morgan fingerprint density at radius 1 is 1.33 bits per heavy atom. The Morgan fingerprint density at radius 2 is 1.90 bits per heavy atom. The SMILES string of the molecule is CN(CCNS(C)(=O)=O)C(=O)c1ccc(OC(F)F)cc1. The maximum atomic E-state index is 12.0. The van der Waals surface area contributed by atoms with Crippen LogP contribution in [0.15, 0.2) is 24.3 Å². The summed E-state index contributed by atoms with van der Waals surface area (Å²) in [7, 11) is -1.79. The molecule has 9 heteroatoms. The number of carbonyl (C=O) groups excluding carboxylic acids is 1. The number of hydrogen-bond acceptors (Lipinski definition) is 4. The van der Waals surface area contributed by atoms with Crippen molar-refractivity contribution < 1.29 is 26.7 Å². The van der Waals surface area contributed by atoms with E-state index in [1.807, 2.05) is 0 Å². The predicted molar refractivity (Wildman–Crippen MR) is 72.9 cm³/mol. The highest BCUT2D eigenvalue weighted by molar-refractivity contribution is 7.88. The molecule has 0 radical (unpaired) electrons. The molecule has 0 saturated carbocycles. The summed E-state index contributed by atoms with van der Waals surface area (Å²) in [5.41, 5.74) is 0.290. The minimum absolute atomic E-state index is 0.0389. The molecule has 1 N–H and O–H groups in total. The first-order chi connectivity index (χ1) is 9.69. The molecule has 0 bridgehead atoms. The van der Waals surface area contributed by atoms with Gasteiger partial charge in [0, 0.05) is 25.7 Å². The van der Waals surface area contributed by atoms with E-state index >= 15 is 0 Å². The Hall–Kier alpha value is -1.74. The molecule has 0 aliphatic heterocycles. The standard InChI is InChI=1S/C12H16F2N2O4S/c1-16(8-7-15-21(2,18)19)11(17)9-3-5-10(6-4-9)20-12(13)14/h3-6,12,15H,7-8H2,1-2H3. The summed E-state index contributed by atoms with van der Waals surface area (Å²) in [4.78, 5) is 13.3. The van der Waals surface area contributed by atoms with Crippen molar-refractivity contribution in [1.29, 1.82) is 0 Å². The highest BCUT2D eigenvalue weighted by atomic mass is 32.2. The average molecular weight is 322 g/mol. The number of benzene rings is 1. The second-order valence-corrected chi connectivity index (χ2v) is 6.13. The van der Waals surface area contributed by atoms with Gasteiger partial charge in [-0.25, -0.2) is 13.1 Å². The molecule has 1 aromatic rings. The Morgan fingerprint density at radius 3 is 2.38 bits per heavy atom. The fourth-order valence-electron chi connectivity index (χ4n) is 1.50. The fourth-order valence-corrected chi connectivity index (χ4v) is 1.96. The molecule has 0 saturated heterocycles. The molecule has 0 heterocycles. The van der Waals surface area contributed by atoms with Gasteiger partial charge in [0.05, 0.1) is 6.26 Å². The second-order valence-electron chi connectivity index (χ2n) is 4.30. The molecule has 1 rings (SSSR count). The zero-order valence-corrected chi connectivity index (χ0v) is 12.4. The van der Waals surface area contributed by atoms with Crippen LogP contribution in [0, 0.1) is 0 Å². The summed E-state index contributed by atoms with van der Waals surface area (Å²) >= 11 is 0. The van der Waals surface area contributed by atoms with E-state index in [1.54, 1.807) is 0 Å². The summed E-state index contributed by atoms with van der Waals surface area (Å²) < 4.78 is 52.2. The predicted octanol–water partition coefficient (Wildman–Crippen LogP) is 0.909. The number of hydrogen-bond donors (Lipinski definition) is 1. The number of nitrogens with one attached hydrogen (secondary N) is 1. The highest BCUT2D eigenvalue weighted by Crippen LogP contribution is 2.15. The van der Waals surface area contributed by atoms with Crippen LogP contribution in [0.4, 0.5) is 8.78 Å². The van der Waals surface area contributed by atoms with Crippen molar-refractivity contribution in [3.8, 4) is 5.75 Å². The van der Waals surface area contributed by atoms with Gasteiger partial charge in [-0.2, -0.15) is 8.78 Å². The third kappa shape index (κ3) is 6.50. The van der Waals surface area contributed by atoms with E-state index in [2.05, 4.69) is 9.46 Å². The monoisotopic (exact) mass is 322 g/mol. The summed E-state index contributed by atoms with van der Waals surface area (Å²) in [5, 5.41) is 0. The lowest BCUT2D eigenvalue weighted by Gasteiger charge is -2.17. The van der Waals surface area contributed by atoms with Gasteiger partial charge < -0.3 is 9.64 Å². The molecule has 21 heavy (non-hydrogen) atoms. The van der Waals surface area contributed by atoms with Crippen molar-refractivity contribution in [1.82, 2.24) is 9.62 Å². The van der Waals surface area contributed by atoms with E-state index in [0.717, 1.165) is 6.26 Å². The van der Waals surface area contributed by atoms with Gasteiger partial charge in [-0.05, 0) is 24.3 Å². The van der Waals surface area contributed by atoms with Crippen LogP contribution in [0.1, 0.15) is 10.4 Å². The van der Waals surface area contributed by atoms with E-state index in [4.69, 9.17) is 0 Å². The second kappa shape index (κ2) is 7.32. The largest absolute Gasteiger partial charge is 0.435 e. The maximum Gasteiger partial charge on any atom is 0.387 e. The number of carbonyl (C=O) groups is 1. The molecule has 1 amide bonds. The van der Waals surface area contributed by atoms with Gasteiger partial charge in [-0.1, -0.05) is 0 Å². The molecular weight excluding hydrogens is 306 g/mol. The number of halogens is 2. The van der Waals surface area contributed by atoms with Crippen LogP contribution in [0.3, 0.4) is 0 Å². The lowest BCUT2D eigenvalue weighted by atomic mass is 10.2. The number of amides is 1. The molecule has 118 valence electrons.